The molecule has 0 bridgehead atoms. The van der Waals surface area contributed by atoms with Crippen molar-refractivity contribution in [3.63, 3.8) is 0 Å². The number of methoxy groups -OCH3 is 1. The van der Waals surface area contributed by atoms with Gasteiger partial charge in [-0.2, -0.15) is 5.10 Å². The maximum Gasteiger partial charge on any atom is 0.137 e. The van der Waals surface area contributed by atoms with Crippen molar-refractivity contribution in [2.45, 2.75) is 0 Å². The Morgan fingerprint density at radius 1 is 0.879 bits per heavy atom. The largest absolute Gasteiger partial charge is 0.495 e. The second-order valence-electron chi connectivity index (χ2n) is 8.39. The standard InChI is InChI=1S/C24H24N8O/c1-31-3-5-32(6-4-31)23-14-26-12-21-17(23)8-20(28-21)24-18-9-19(27-13-22(18)29-30-24)15-7-16(33-2)11-25-10-15/h7-14,28H,3-6H2,1-2H3,(H,29,30). The molecule has 2 N–H and O–H groups in total. The normalized spacial score (nSPS) is 14.9. The van der Waals surface area contributed by atoms with Crippen molar-refractivity contribution < 1.29 is 4.74 Å². The zero-order valence-electron chi connectivity index (χ0n) is 18.5. The van der Waals surface area contributed by atoms with E-state index in [4.69, 9.17) is 4.74 Å². The molecule has 5 aromatic heterocycles. The van der Waals surface area contributed by atoms with E-state index in [9.17, 15) is 0 Å². The number of likely N-dealkylation sites (N-methyl/N-ethyl adjacent to an activating group) is 1. The average molecular weight is 441 g/mol. The van der Waals surface area contributed by atoms with Crippen LogP contribution in [0.5, 0.6) is 5.75 Å². The van der Waals surface area contributed by atoms with Gasteiger partial charge < -0.3 is 19.5 Å². The fraction of sp³-hybridized carbons (Fsp3) is 0.250. The fourth-order valence-corrected chi connectivity index (χ4v) is 4.41. The van der Waals surface area contributed by atoms with Gasteiger partial charge in [-0.15, -0.1) is 0 Å². The Bertz CT molecular complexity index is 1450. The molecule has 0 aromatic carbocycles. The van der Waals surface area contributed by atoms with Crippen LogP contribution >= 0.6 is 0 Å². The lowest BCUT2D eigenvalue weighted by molar-refractivity contribution is 0.313. The molecule has 0 spiro atoms. The molecule has 0 radical (unpaired) electrons. The number of hydrogen-bond acceptors (Lipinski definition) is 7. The first-order chi connectivity index (χ1) is 16.2. The molecule has 0 atom stereocenters. The van der Waals surface area contributed by atoms with Gasteiger partial charge in [0.05, 0.1) is 60.0 Å². The highest BCUT2D eigenvalue weighted by Gasteiger charge is 2.19. The number of aromatic amines is 2. The first kappa shape index (κ1) is 19.7. The third kappa shape index (κ3) is 3.46. The number of ether oxygens (including phenoxy) is 1. The molecule has 5 aromatic rings. The predicted octanol–water partition coefficient (Wildman–Crippen LogP) is 3.32. The minimum Gasteiger partial charge on any atom is -0.495 e. The van der Waals surface area contributed by atoms with Crippen LogP contribution in [-0.2, 0) is 0 Å². The Morgan fingerprint density at radius 3 is 2.58 bits per heavy atom. The summed E-state index contributed by atoms with van der Waals surface area (Å²) in [6, 6.07) is 6.14. The molecule has 0 aliphatic carbocycles. The molecule has 1 aliphatic rings. The highest BCUT2D eigenvalue weighted by atomic mass is 16.5. The molecule has 6 heterocycles. The molecule has 166 valence electrons. The Hall–Kier alpha value is -3.98. The lowest BCUT2D eigenvalue weighted by Crippen LogP contribution is -2.44. The fourth-order valence-electron chi connectivity index (χ4n) is 4.41. The Labute approximate surface area is 190 Å². The van der Waals surface area contributed by atoms with Crippen molar-refractivity contribution in [3.8, 4) is 28.4 Å². The molecule has 33 heavy (non-hydrogen) atoms. The second kappa shape index (κ2) is 7.86. The van der Waals surface area contributed by atoms with Crippen LogP contribution in [0, 0.1) is 0 Å². The van der Waals surface area contributed by atoms with Gasteiger partial charge in [-0.25, -0.2) is 0 Å². The van der Waals surface area contributed by atoms with Gasteiger partial charge in [-0.1, -0.05) is 0 Å². The summed E-state index contributed by atoms with van der Waals surface area (Å²) in [5.74, 6) is 0.696. The summed E-state index contributed by atoms with van der Waals surface area (Å²) in [6.07, 6.45) is 9.11. The number of pyridine rings is 3. The Kier molecular flexibility index (Phi) is 4.69. The molecule has 1 aliphatic heterocycles. The number of aromatic nitrogens is 6. The molecule has 1 saturated heterocycles. The quantitative estimate of drug-likeness (QED) is 0.442. The Balaban J connectivity index is 1.43. The molecule has 0 unspecified atom stereocenters. The van der Waals surface area contributed by atoms with Crippen LogP contribution in [0.15, 0.2) is 49.2 Å². The van der Waals surface area contributed by atoms with E-state index in [1.165, 1.54) is 0 Å². The maximum absolute atomic E-state index is 5.32. The summed E-state index contributed by atoms with van der Waals surface area (Å²) >= 11 is 0. The SMILES string of the molecule is COc1cncc(-c2cc3c(-c4cc5c(N6CCN(C)CC6)cncc5[nH]4)n[nH]c3cn2)c1. The third-order valence-electron chi connectivity index (χ3n) is 6.32. The van der Waals surface area contributed by atoms with Gasteiger partial charge in [0.1, 0.15) is 11.4 Å². The minimum absolute atomic E-state index is 0.696. The highest BCUT2D eigenvalue weighted by molar-refractivity contribution is 6.00. The molecule has 0 amide bonds. The summed E-state index contributed by atoms with van der Waals surface area (Å²) in [6.45, 7) is 4.08. The number of H-pyrrole nitrogens is 2. The summed E-state index contributed by atoms with van der Waals surface area (Å²) in [4.78, 5) is 21.6. The molecule has 1 fully saturated rings. The van der Waals surface area contributed by atoms with Crippen LogP contribution in [0.4, 0.5) is 5.69 Å². The van der Waals surface area contributed by atoms with Crippen LogP contribution in [0.3, 0.4) is 0 Å². The summed E-state index contributed by atoms with van der Waals surface area (Å²) in [5, 5.41) is 9.86. The van der Waals surface area contributed by atoms with Gasteiger partial charge in [0.25, 0.3) is 0 Å². The first-order valence-corrected chi connectivity index (χ1v) is 10.9. The third-order valence-corrected chi connectivity index (χ3v) is 6.32. The topological polar surface area (TPSA) is 98.9 Å². The number of hydrogen-bond donors (Lipinski definition) is 2. The second-order valence-corrected chi connectivity index (χ2v) is 8.39. The number of fused-ring (bicyclic) bond motifs is 2. The average Bonchev–Trinajstić information content (AvgIpc) is 3.48. The van der Waals surface area contributed by atoms with Crippen LogP contribution in [0.2, 0.25) is 0 Å². The lowest BCUT2D eigenvalue weighted by atomic mass is 10.1. The molecule has 0 saturated carbocycles. The predicted molar refractivity (Wildman–Crippen MR) is 128 cm³/mol. The van der Waals surface area contributed by atoms with Crippen LogP contribution in [0.25, 0.3) is 44.5 Å². The number of nitrogens with zero attached hydrogens (tertiary/aromatic N) is 6. The van der Waals surface area contributed by atoms with Gasteiger partial charge in [0.2, 0.25) is 0 Å². The summed E-state index contributed by atoms with van der Waals surface area (Å²) in [7, 11) is 3.80. The van der Waals surface area contributed by atoms with E-state index in [2.05, 4.69) is 53.0 Å². The number of nitrogens with one attached hydrogen (secondary N) is 2. The van der Waals surface area contributed by atoms with E-state index in [1.807, 2.05) is 24.5 Å². The maximum atomic E-state index is 5.32. The van der Waals surface area contributed by atoms with E-state index < -0.39 is 0 Å². The van der Waals surface area contributed by atoms with Crippen LogP contribution in [0.1, 0.15) is 0 Å². The van der Waals surface area contributed by atoms with Gasteiger partial charge in [0, 0.05) is 48.7 Å². The molecule has 9 heteroatoms. The number of piperazine rings is 1. The summed E-state index contributed by atoms with van der Waals surface area (Å²) in [5.41, 5.74) is 6.54. The zero-order chi connectivity index (χ0) is 22.4. The van der Waals surface area contributed by atoms with Crippen LogP contribution < -0.4 is 9.64 Å². The smallest absolute Gasteiger partial charge is 0.137 e. The highest BCUT2D eigenvalue weighted by Crippen LogP contribution is 2.34. The van der Waals surface area contributed by atoms with Crippen molar-refractivity contribution in [1.29, 1.82) is 0 Å². The van der Waals surface area contributed by atoms with Crippen molar-refractivity contribution in [3.05, 3.63) is 49.2 Å². The zero-order valence-corrected chi connectivity index (χ0v) is 18.5. The monoisotopic (exact) mass is 440 g/mol. The van der Waals surface area contributed by atoms with Crippen molar-refractivity contribution >= 4 is 27.5 Å². The number of rotatable bonds is 4. The summed E-state index contributed by atoms with van der Waals surface area (Å²) < 4.78 is 5.32. The molecule has 9 nitrogen and oxygen atoms in total. The van der Waals surface area contributed by atoms with Crippen molar-refractivity contribution in [1.82, 2.24) is 35.0 Å². The van der Waals surface area contributed by atoms with Crippen molar-refractivity contribution in [2.75, 3.05) is 45.2 Å². The van der Waals surface area contributed by atoms with E-state index in [0.29, 0.717) is 5.75 Å². The van der Waals surface area contributed by atoms with E-state index in [1.54, 1.807) is 25.7 Å². The van der Waals surface area contributed by atoms with E-state index in [-0.39, 0.29) is 0 Å². The molecular formula is C24H24N8O. The van der Waals surface area contributed by atoms with Gasteiger partial charge in [0.15, 0.2) is 0 Å². The van der Waals surface area contributed by atoms with E-state index in [0.717, 1.165) is 76.3 Å². The van der Waals surface area contributed by atoms with Gasteiger partial charge in [-0.3, -0.25) is 20.1 Å². The molecule has 6 rings (SSSR count). The Morgan fingerprint density at radius 2 is 1.73 bits per heavy atom. The number of anilines is 1. The minimum atomic E-state index is 0.696. The van der Waals surface area contributed by atoms with Crippen LogP contribution in [-0.4, -0.2) is 75.4 Å². The van der Waals surface area contributed by atoms with Gasteiger partial charge >= 0.3 is 0 Å². The van der Waals surface area contributed by atoms with Gasteiger partial charge in [-0.05, 0) is 25.2 Å². The van der Waals surface area contributed by atoms with E-state index >= 15 is 0 Å². The molecular weight excluding hydrogens is 416 g/mol. The first-order valence-electron chi connectivity index (χ1n) is 10.9. The lowest BCUT2D eigenvalue weighted by Gasteiger charge is -2.34. The van der Waals surface area contributed by atoms with Crippen molar-refractivity contribution in [2.24, 2.45) is 0 Å².